The number of thiazole rings is 1. The molecule has 0 aliphatic carbocycles. The van der Waals surface area contributed by atoms with E-state index < -0.39 is 16.1 Å². The second-order valence-electron chi connectivity index (χ2n) is 7.23. The van der Waals surface area contributed by atoms with Crippen LogP contribution in [-0.2, 0) is 14.8 Å². The molecular weight excluding hydrogens is 436 g/mol. The molecule has 2 heterocycles. The number of nitrogens with one attached hydrogen (secondary N) is 2. The minimum absolute atomic E-state index is 0.117. The van der Waals surface area contributed by atoms with E-state index in [4.69, 9.17) is 4.74 Å². The molecule has 1 aliphatic heterocycles. The second-order valence-corrected chi connectivity index (χ2v) is 9.91. The van der Waals surface area contributed by atoms with Gasteiger partial charge in [0.1, 0.15) is 23.1 Å². The molecule has 1 aromatic heterocycles. The van der Waals surface area contributed by atoms with Crippen molar-refractivity contribution in [1.82, 2.24) is 9.71 Å². The van der Waals surface area contributed by atoms with Crippen molar-refractivity contribution in [3.05, 3.63) is 48.0 Å². The first-order valence-corrected chi connectivity index (χ1v) is 12.1. The number of benzene rings is 2. The monoisotopic (exact) mass is 458 g/mol. The molecule has 0 saturated heterocycles. The van der Waals surface area contributed by atoms with Gasteiger partial charge in [-0.3, -0.25) is 14.5 Å². The van der Waals surface area contributed by atoms with E-state index in [0.717, 1.165) is 4.70 Å². The highest BCUT2D eigenvalue weighted by atomic mass is 32.2. The van der Waals surface area contributed by atoms with Crippen LogP contribution in [0.1, 0.15) is 25.8 Å². The van der Waals surface area contributed by atoms with Gasteiger partial charge in [0.25, 0.3) is 15.9 Å². The number of carbonyl (C=O) groups is 1. The van der Waals surface area contributed by atoms with Crippen LogP contribution < -0.4 is 14.8 Å². The molecule has 0 bridgehead atoms. The molecule has 31 heavy (non-hydrogen) atoms. The molecule has 0 unspecified atom stereocenters. The molecular formula is C21H22N4O4S2. The van der Waals surface area contributed by atoms with Crippen LogP contribution in [0.4, 0.5) is 5.13 Å². The molecule has 4 rings (SSSR count). The number of hydrogen-bond acceptors (Lipinski definition) is 7. The molecule has 0 radical (unpaired) electrons. The van der Waals surface area contributed by atoms with Gasteiger partial charge in [-0.1, -0.05) is 49.8 Å². The first kappa shape index (κ1) is 21.3. The Bertz CT molecular complexity index is 1280. The quantitative estimate of drug-likeness (QED) is 0.588. The number of amides is 1. The number of fused-ring (bicyclic) bond motifs is 2. The van der Waals surface area contributed by atoms with Crippen molar-refractivity contribution >= 4 is 48.5 Å². The minimum Gasteiger partial charge on any atom is -0.494 e. The molecule has 2 atom stereocenters. The van der Waals surface area contributed by atoms with Crippen LogP contribution in [0.25, 0.3) is 10.2 Å². The topological polar surface area (TPSA) is 110 Å². The van der Waals surface area contributed by atoms with Crippen molar-refractivity contribution in [2.24, 2.45) is 10.9 Å². The summed E-state index contributed by atoms with van der Waals surface area (Å²) in [6.45, 7) is 3.87. The Morgan fingerprint density at radius 1 is 1.26 bits per heavy atom. The summed E-state index contributed by atoms with van der Waals surface area (Å²) in [6, 6.07) is 11.4. The first-order valence-electron chi connectivity index (χ1n) is 9.78. The Morgan fingerprint density at radius 3 is 2.77 bits per heavy atom. The van der Waals surface area contributed by atoms with E-state index in [1.165, 1.54) is 17.4 Å². The van der Waals surface area contributed by atoms with E-state index >= 15 is 0 Å². The van der Waals surface area contributed by atoms with E-state index in [2.05, 4.69) is 20.0 Å². The Hall–Kier alpha value is -2.98. The number of methoxy groups -OCH3 is 1. The van der Waals surface area contributed by atoms with Crippen LogP contribution in [0, 0.1) is 5.92 Å². The van der Waals surface area contributed by atoms with Crippen LogP contribution in [0.2, 0.25) is 0 Å². The Kier molecular flexibility index (Phi) is 5.67. The number of rotatable bonds is 6. The highest BCUT2D eigenvalue weighted by Crippen LogP contribution is 2.32. The van der Waals surface area contributed by atoms with Crippen LogP contribution in [0.15, 0.2) is 52.4 Å². The Balaban J connectivity index is 1.66. The fourth-order valence-corrected chi connectivity index (χ4v) is 5.48. The maximum atomic E-state index is 13.1. The number of aromatic nitrogens is 1. The Labute approximate surface area is 184 Å². The fraction of sp³-hybridized carbons (Fsp3) is 0.286. The van der Waals surface area contributed by atoms with Crippen molar-refractivity contribution in [2.45, 2.75) is 31.2 Å². The molecule has 1 aliphatic rings. The molecule has 0 saturated carbocycles. The molecule has 162 valence electrons. The molecule has 3 aromatic rings. The summed E-state index contributed by atoms with van der Waals surface area (Å²) in [6.07, 6.45) is 0.691. The standard InChI is InChI=1S/C21H22N4O4S2/c1-4-12(2)17(22-19-13-8-5-6-11-16(13)31(27,28)25-19)20(26)24-21-23-18-14(29-3)9-7-10-15(18)30-21/h5-12,17H,4H2,1-3H3,(H,22,25)(H,23,24,26)/t12-,17-/m0/s1. The predicted molar refractivity (Wildman–Crippen MR) is 121 cm³/mol. The maximum Gasteiger partial charge on any atom is 0.263 e. The summed E-state index contributed by atoms with van der Waals surface area (Å²) in [7, 11) is -2.11. The van der Waals surface area contributed by atoms with Crippen molar-refractivity contribution in [3.8, 4) is 5.75 Å². The lowest BCUT2D eigenvalue weighted by atomic mass is 9.99. The van der Waals surface area contributed by atoms with Crippen molar-refractivity contribution in [3.63, 3.8) is 0 Å². The second kappa shape index (κ2) is 8.27. The molecule has 2 N–H and O–H groups in total. The molecule has 10 heteroatoms. The van der Waals surface area contributed by atoms with Crippen molar-refractivity contribution < 1.29 is 17.9 Å². The van der Waals surface area contributed by atoms with E-state index in [9.17, 15) is 13.2 Å². The van der Waals surface area contributed by atoms with Gasteiger partial charge in [-0.25, -0.2) is 13.4 Å². The summed E-state index contributed by atoms with van der Waals surface area (Å²) >= 11 is 1.34. The predicted octanol–water partition coefficient (Wildman–Crippen LogP) is 3.40. The number of hydrogen-bond donors (Lipinski definition) is 2. The molecule has 2 aromatic carbocycles. The zero-order chi connectivity index (χ0) is 22.2. The van der Waals surface area contributed by atoms with E-state index in [-0.39, 0.29) is 22.6 Å². The van der Waals surface area contributed by atoms with Gasteiger partial charge in [0.2, 0.25) is 0 Å². The van der Waals surface area contributed by atoms with Gasteiger partial charge in [-0.05, 0) is 30.2 Å². The van der Waals surface area contributed by atoms with Crippen LogP contribution in [0.3, 0.4) is 0 Å². The summed E-state index contributed by atoms with van der Waals surface area (Å²) in [5.74, 6) is 0.351. The highest BCUT2D eigenvalue weighted by Gasteiger charge is 2.33. The van der Waals surface area contributed by atoms with Gasteiger partial charge in [-0.2, -0.15) is 0 Å². The lowest BCUT2D eigenvalue weighted by Gasteiger charge is -2.18. The number of amidine groups is 1. The van der Waals surface area contributed by atoms with Gasteiger partial charge in [0.15, 0.2) is 5.13 Å². The van der Waals surface area contributed by atoms with E-state index in [0.29, 0.717) is 28.4 Å². The number of carbonyl (C=O) groups excluding carboxylic acids is 1. The number of nitrogens with zero attached hydrogens (tertiary/aromatic N) is 2. The number of sulfonamides is 1. The van der Waals surface area contributed by atoms with Gasteiger partial charge in [0, 0.05) is 5.56 Å². The fourth-order valence-electron chi connectivity index (χ4n) is 3.36. The third-order valence-electron chi connectivity index (χ3n) is 5.21. The summed E-state index contributed by atoms with van der Waals surface area (Å²) in [4.78, 5) is 22.3. The zero-order valence-electron chi connectivity index (χ0n) is 17.2. The average Bonchev–Trinajstić information content (AvgIpc) is 3.29. The third kappa shape index (κ3) is 4.00. The summed E-state index contributed by atoms with van der Waals surface area (Å²) in [5, 5.41) is 3.28. The van der Waals surface area contributed by atoms with Gasteiger partial charge < -0.3 is 10.1 Å². The minimum atomic E-state index is -3.68. The van der Waals surface area contributed by atoms with Crippen LogP contribution in [-0.4, -0.2) is 38.3 Å². The number of para-hydroxylation sites is 1. The average molecular weight is 459 g/mol. The lowest BCUT2D eigenvalue weighted by Crippen LogP contribution is -2.34. The summed E-state index contributed by atoms with van der Waals surface area (Å²) < 4.78 is 33.5. The normalized spacial score (nSPS) is 17.7. The van der Waals surface area contributed by atoms with E-state index in [1.807, 2.05) is 32.0 Å². The molecule has 0 spiro atoms. The highest BCUT2D eigenvalue weighted by molar-refractivity contribution is 7.90. The van der Waals surface area contributed by atoms with Gasteiger partial charge >= 0.3 is 0 Å². The Morgan fingerprint density at radius 2 is 2.03 bits per heavy atom. The zero-order valence-corrected chi connectivity index (χ0v) is 18.9. The van der Waals surface area contributed by atoms with Crippen molar-refractivity contribution in [1.29, 1.82) is 0 Å². The molecule has 8 nitrogen and oxygen atoms in total. The van der Waals surface area contributed by atoms with Crippen LogP contribution >= 0.6 is 11.3 Å². The smallest absolute Gasteiger partial charge is 0.263 e. The molecule has 1 amide bonds. The maximum absolute atomic E-state index is 13.1. The summed E-state index contributed by atoms with van der Waals surface area (Å²) in [5.41, 5.74) is 1.14. The van der Waals surface area contributed by atoms with Crippen molar-refractivity contribution in [2.75, 3.05) is 12.4 Å². The van der Waals surface area contributed by atoms with Gasteiger partial charge in [0.05, 0.1) is 16.7 Å². The van der Waals surface area contributed by atoms with Crippen LogP contribution in [0.5, 0.6) is 5.75 Å². The van der Waals surface area contributed by atoms with Gasteiger partial charge in [-0.15, -0.1) is 0 Å². The molecule has 0 fully saturated rings. The SMILES string of the molecule is CC[C@H](C)[C@H](N=C1NS(=O)(=O)c2ccccc21)C(=O)Nc1nc2c(OC)cccc2s1. The van der Waals surface area contributed by atoms with E-state index in [1.54, 1.807) is 25.3 Å². The number of anilines is 1. The first-order chi connectivity index (χ1) is 14.8. The lowest BCUT2D eigenvalue weighted by molar-refractivity contribution is -0.118. The largest absolute Gasteiger partial charge is 0.494 e. The third-order valence-corrected chi connectivity index (χ3v) is 7.55. The number of aliphatic imine (C=N–C) groups is 1. The number of ether oxygens (including phenoxy) is 1.